The Morgan fingerprint density at radius 1 is 0.923 bits per heavy atom. The van der Waals surface area contributed by atoms with Crippen molar-refractivity contribution in [2.45, 2.75) is 13.8 Å². The number of hydrogen-bond donors (Lipinski definition) is 0. The van der Waals surface area contributed by atoms with E-state index < -0.39 is 5.97 Å². The quantitative estimate of drug-likeness (QED) is 0.612. The van der Waals surface area contributed by atoms with E-state index in [1.54, 1.807) is 43.4 Å². The molecule has 0 fully saturated rings. The molecule has 0 atom stereocenters. The average Bonchev–Trinajstić information content (AvgIpc) is 2.61. The lowest BCUT2D eigenvalue weighted by Gasteiger charge is -2.18. The molecule has 0 radical (unpaired) electrons. The molecule has 0 saturated heterocycles. The lowest BCUT2D eigenvalue weighted by molar-refractivity contribution is -0.140. The number of esters is 1. The number of likely N-dealkylation sites (N-methyl/N-ethyl adjacent to an activating group) is 1. The van der Waals surface area contributed by atoms with E-state index in [9.17, 15) is 14.4 Å². The molecule has 0 saturated carbocycles. The molecule has 136 valence electrons. The van der Waals surface area contributed by atoms with Crippen LogP contribution >= 0.6 is 0 Å². The number of benzene rings is 2. The van der Waals surface area contributed by atoms with Gasteiger partial charge in [-0.25, -0.2) is 4.79 Å². The van der Waals surface area contributed by atoms with Crippen LogP contribution in [-0.4, -0.2) is 43.3 Å². The van der Waals surface area contributed by atoms with Gasteiger partial charge in [-0.2, -0.15) is 0 Å². The van der Waals surface area contributed by atoms with Crippen LogP contribution in [0.25, 0.3) is 0 Å². The van der Waals surface area contributed by atoms with Gasteiger partial charge < -0.3 is 14.5 Å². The van der Waals surface area contributed by atoms with Crippen molar-refractivity contribution >= 4 is 23.5 Å². The Morgan fingerprint density at radius 2 is 1.50 bits per heavy atom. The third-order valence-corrected chi connectivity index (χ3v) is 3.96. The number of anilines is 1. The molecule has 0 spiro atoms. The number of aryl methyl sites for hydroxylation is 1. The molecule has 0 bridgehead atoms. The van der Waals surface area contributed by atoms with Crippen LogP contribution in [0.5, 0.6) is 5.75 Å². The topological polar surface area (TPSA) is 66.9 Å². The molecule has 0 aromatic heterocycles. The Labute approximate surface area is 153 Å². The zero-order valence-electron chi connectivity index (χ0n) is 15.4. The minimum atomic E-state index is -0.528. The third kappa shape index (κ3) is 4.92. The van der Waals surface area contributed by atoms with Gasteiger partial charge in [-0.3, -0.25) is 9.59 Å². The number of carbonyl (C=O) groups is 3. The zero-order chi connectivity index (χ0) is 19.3. The largest absolute Gasteiger partial charge is 0.425 e. The molecular weight excluding hydrogens is 332 g/mol. The maximum Gasteiger partial charge on any atom is 0.331 e. The first-order chi connectivity index (χ1) is 12.3. The minimum Gasteiger partial charge on any atom is -0.425 e. The molecule has 6 nitrogen and oxygen atoms in total. The Balaban J connectivity index is 2.02. The standard InChI is InChI=1S/C20H22N2O4/c1-14-5-7-16(8-6-14)20(25)22(4)17-9-11-18(12-10-17)26-19(24)13-21(3)15(2)23/h5-12H,13H2,1-4H3. The molecule has 2 aromatic carbocycles. The van der Waals surface area contributed by atoms with Gasteiger partial charge in [0.05, 0.1) is 0 Å². The highest BCUT2D eigenvalue weighted by Crippen LogP contribution is 2.20. The Kier molecular flexibility index (Phi) is 6.11. The molecule has 0 aliphatic carbocycles. The van der Waals surface area contributed by atoms with Gasteiger partial charge in [0.1, 0.15) is 12.3 Å². The normalized spacial score (nSPS) is 10.2. The summed E-state index contributed by atoms with van der Waals surface area (Å²) in [6.07, 6.45) is 0. The molecular formula is C20H22N2O4. The summed E-state index contributed by atoms with van der Waals surface area (Å²) in [4.78, 5) is 38.2. The minimum absolute atomic E-state index is 0.122. The molecule has 26 heavy (non-hydrogen) atoms. The summed E-state index contributed by atoms with van der Waals surface area (Å²) in [5.74, 6) is -0.516. The fourth-order valence-electron chi connectivity index (χ4n) is 2.21. The van der Waals surface area contributed by atoms with Crippen LogP contribution in [0.2, 0.25) is 0 Å². The van der Waals surface area contributed by atoms with Crippen molar-refractivity contribution in [1.29, 1.82) is 0 Å². The number of nitrogens with zero attached hydrogens (tertiary/aromatic N) is 2. The Hall–Kier alpha value is -3.15. The fourth-order valence-corrected chi connectivity index (χ4v) is 2.21. The predicted molar refractivity (Wildman–Crippen MR) is 99.3 cm³/mol. The first kappa shape index (κ1) is 19.2. The van der Waals surface area contributed by atoms with E-state index in [4.69, 9.17) is 4.74 Å². The molecule has 2 rings (SSSR count). The van der Waals surface area contributed by atoms with Gasteiger partial charge in [0.15, 0.2) is 0 Å². The summed E-state index contributed by atoms with van der Waals surface area (Å²) >= 11 is 0. The fraction of sp³-hybridized carbons (Fsp3) is 0.250. The highest BCUT2D eigenvalue weighted by atomic mass is 16.5. The first-order valence-electron chi connectivity index (χ1n) is 8.15. The highest BCUT2D eigenvalue weighted by Gasteiger charge is 2.14. The molecule has 2 aromatic rings. The molecule has 0 aliphatic rings. The monoisotopic (exact) mass is 354 g/mol. The number of hydrogen-bond acceptors (Lipinski definition) is 4. The smallest absolute Gasteiger partial charge is 0.331 e. The van der Waals surface area contributed by atoms with Gasteiger partial charge in [0, 0.05) is 32.3 Å². The molecule has 6 heteroatoms. The third-order valence-electron chi connectivity index (χ3n) is 3.96. The van der Waals surface area contributed by atoms with Crippen molar-refractivity contribution < 1.29 is 19.1 Å². The van der Waals surface area contributed by atoms with Gasteiger partial charge in [-0.1, -0.05) is 17.7 Å². The molecule has 2 amide bonds. The zero-order valence-corrected chi connectivity index (χ0v) is 15.4. The summed E-state index contributed by atoms with van der Waals surface area (Å²) < 4.78 is 5.19. The number of carbonyl (C=O) groups excluding carboxylic acids is 3. The van der Waals surface area contributed by atoms with Crippen molar-refractivity contribution in [2.24, 2.45) is 0 Å². The van der Waals surface area contributed by atoms with Crippen molar-refractivity contribution in [1.82, 2.24) is 4.90 Å². The van der Waals surface area contributed by atoms with Crippen molar-refractivity contribution in [3.63, 3.8) is 0 Å². The summed E-state index contributed by atoms with van der Waals surface area (Å²) in [5.41, 5.74) is 2.36. The van der Waals surface area contributed by atoms with Crippen molar-refractivity contribution in [3.05, 3.63) is 59.7 Å². The second-order valence-corrected chi connectivity index (χ2v) is 6.07. The van der Waals surface area contributed by atoms with Crippen molar-refractivity contribution in [2.75, 3.05) is 25.5 Å². The second-order valence-electron chi connectivity index (χ2n) is 6.07. The van der Waals surface area contributed by atoms with Crippen LogP contribution in [0.3, 0.4) is 0 Å². The summed E-state index contributed by atoms with van der Waals surface area (Å²) in [6, 6.07) is 14.0. The molecule has 0 aliphatic heterocycles. The van der Waals surface area contributed by atoms with E-state index in [0.717, 1.165) is 5.56 Å². The van der Waals surface area contributed by atoms with Crippen LogP contribution in [-0.2, 0) is 9.59 Å². The summed E-state index contributed by atoms with van der Waals surface area (Å²) in [5, 5.41) is 0. The average molecular weight is 354 g/mol. The lowest BCUT2D eigenvalue weighted by Crippen LogP contribution is -2.32. The number of ether oxygens (including phenoxy) is 1. The van der Waals surface area contributed by atoms with E-state index >= 15 is 0 Å². The van der Waals surface area contributed by atoms with E-state index in [2.05, 4.69) is 0 Å². The summed E-state index contributed by atoms with van der Waals surface area (Å²) in [7, 11) is 3.21. The lowest BCUT2D eigenvalue weighted by atomic mass is 10.1. The molecule has 0 unspecified atom stereocenters. The SMILES string of the molecule is CC(=O)N(C)CC(=O)Oc1ccc(N(C)C(=O)c2ccc(C)cc2)cc1. The van der Waals surface area contributed by atoms with E-state index in [-0.39, 0.29) is 18.4 Å². The molecule has 0 heterocycles. The van der Waals surface area contributed by atoms with E-state index in [0.29, 0.717) is 17.0 Å². The Bertz CT molecular complexity index is 798. The highest BCUT2D eigenvalue weighted by molar-refractivity contribution is 6.05. The van der Waals surface area contributed by atoms with Gasteiger partial charge in [0.2, 0.25) is 5.91 Å². The van der Waals surface area contributed by atoms with Crippen LogP contribution in [0, 0.1) is 6.92 Å². The number of rotatable bonds is 5. The second kappa shape index (κ2) is 8.29. The van der Waals surface area contributed by atoms with Crippen LogP contribution in [0.15, 0.2) is 48.5 Å². The van der Waals surface area contributed by atoms with Gasteiger partial charge in [0.25, 0.3) is 5.91 Å². The van der Waals surface area contributed by atoms with E-state index in [1.165, 1.54) is 23.8 Å². The van der Waals surface area contributed by atoms with Gasteiger partial charge in [-0.15, -0.1) is 0 Å². The van der Waals surface area contributed by atoms with Crippen LogP contribution in [0.4, 0.5) is 5.69 Å². The summed E-state index contributed by atoms with van der Waals surface area (Å²) in [6.45, 7) is 3.22. The van der Waals surface area contributed by atoms with E-state index in [1.807, 2.05) is 19.1 Å². The molecule has 0 N–H and O–H groups in total. The van der Waals surface area contributed by atoms with Gasteiger partial charge in [-0.05, 0) is 43.3 Å². The first-order valence-corrected chi connectivity index (χ1v) is 8.15. The maximum absolute atomic E-state index is 12.5. The van der Waals surface area contributed by atoms with Crippen molar-refractivity contribution in [3.8, 4) is 5.75 Å². The van der Waals surface area contributed by atoms with Crippen LogP contribution in [0.1, 0.15) is 22.8 Å². The number of amides is 2. The van der Waals surface area contributed by atoms with Crippen LogP contribution < -0.4 is 9.64 Å². The van der Waals surface area contributed by atoms with Gasteiger partial charge >= 0.3 is 5.97 Å². The predicted octanol–water partition coefficient (Wildman–Crippen LogP) is 2.66. The maximum atomic E-state index is 12.5. The Morgan fingerprint density at radius 3 is 2.04 bits per heavy atom.